The zero-order valence-electron chi connectivity index (χ0n) is 16.1. The molecule has 1 heterocycles. The SMILES string of the molecule is COC(=O)c1cc(NC(=O)N2C[C@@H]3CCC[C@@]3(C(=O)O)C2)c(OC)c(OC)c1. The molecule has 1 saturated carbocycles. The molecule has 2 amide bonds. The van der Waals surface area contributed by atoms with Gasteiger partial charge in [0, 0.05) is 13.1 Å². The Morgan fingerprint density at radius 2 is 1.96 bits per heavy atom. The Morgan fingerprint density at radius 1 is 1.21 bits per heavy atom. The Kier molecular flexibility index (Phi) is 5.35. The highest BCUT2D eigenvalue weighted by molar-refractivity contribution is 5.97. The summed E-state index contributed by atoms with van der Waals surface area (Å²) in [4.78, 5) is 38.1. The van der Waals surface area contributed by atoms with Crippen molar-refractivity contribution in [2.75, 3.05) is 39.7 Å². The summed E-state index contributed by atoms with van der Waals surface area (Å²) in [6.45, 7) is 0.545. The molecular formula is C19H24N2O7. The standard InChI is InChI=1S/C19H24N2O7/c1-26-14-8-11(16(22)28-3)7-13(15(14)27-2)20-18(25)21-9-12-5-4-6-19(12,10-21)17(23)24/h7-8,12H,4-6,9-10H2,1-3H3,(H,20,25)(H,23,24)/t12-,19+/m0/s1. The number of amides is 2. The number of methoxy groups -OCH3 is 3. The van der Waals surface area contributed by atoms with Crippen LogP contribution < -0.4 is 14.8 Å². The average molecular weight is 392 g/mol. The van der Waals surface area contributed by atoms with Crippen LogP contribution in [0.2, 0.25) is 0 Å². The van der Waals surface area contributed by atoms with Gasteiger partial charge in [0.1, 0.15) is 0 Å². The third-order valence-corrected chi connectivity index (χ3v) is 5.73. The van der Waals surface area contributed by atoms with Crippen molar-refractivity contribution in [3.8, 4) is 11.5 Å². The number of urea groups is 1. The maximum atomic E-state index is 12.8. The first-order valence-corrected chi connectivity index (χ1v) is 9.00. The van der Waals surface area contributed by atoms with Crippen molar-refractivity contribution in [1.82, 2.24) is 4.90 Å². The van der Waals surface area contributed by atoms with Crippen molar-refractivity contribution >= 4 is 23.7 Å². The molecule has 28 heavy (non-hydrogen) atoms. The van der Waals surface area contributed by atoms with Crippen LogP contribution in [0.4, 0.5) is 10.5 Å². The van der Waals surface area contributed by atoms with E-state index in [1.807, 2.05) is 0 Å². The molecule has 9 nitrogen and oxygen atoms in total. The maximum absolute atomic E-state index is 12.8. The molecule has 152 valence electrons. The van der Waals surface area contributed by atoms with E-state index < -0.39 is 23.4 Å². The molecule has 0 bridgehead atoms. The normalized spacial score (nSPS) is 23.1. The van der Waals surface area contributed by atoms with Crippen LogP contribution >= 0.6 is 0 Å². The summed E-state index contributed by atoms with van der Waals surface area (Å²) in [6.07, 6.45) is 2.23. The largest absolute Gasteiger partial charge is 0.493 e. The Hall–Kier alpha value is -2.97. The van der Waals surface area contributed by atoms with Gasteiger partial charge in [-0.2, -0.15) is 0 Å². The number of anilines is 1. The van der Waals surface area contributed by atoms with Crippen LogP contribution in [-0.4, -0.2) is 62.4 Å². The molecule has 1 aromatic carbocycles. The van der Waals surface area contributed by atoms with E-state index in [9.17, 15) is 19.5 Å². The first-order chi connectivity index (χ1) is 13.4. The van der Waals surface area contributed by atoms with Crippen molar-refractivity contribution in [1.29, 1.82) is 0 Å². The fourth-order valence-corrected chi connectivity index (χ4v) is 4.28. The van der Waals surface area contributed by atoms with Gasteiger partial charge in [-0.15, -0.1) is 0 Å². The molecule has 2 fully saturated rings. The number of aliphatic carboxylic acids is 1. The molecule has 2 atom stereocenters. The van der Waals surface area contributed by atoms with Crippen LogP contribution in [0.5, 0.6) is 11.5 Å². The van der Waals surface area contributed by atoms with Gasteiger partial charge in [0.15, 0.2) is 11.5 Å². The van der Waals surface area contributed by atoms with Crippen molar-refractivity contribution < 1.29 is 33.7 Å². The summed E-state index contributed by atoms with van der Waals surface area (Å²) in [5, 5.41) is 12.4. The van der Waals surface area contributed by atoms with Gasteiger partial charge < -0.3 is 29.5 Å². The number of nitrogens with one attached hydrogen (secondary N) is 1. The molecule has 1 aliphatic heterocycles. The van der Waals surface area contributed by atoms with E-state index in [1.165, 1.54) is 38.4 Å². The minimum atomic E-state index is -0.868. The van der Waals surface area contributed by atoms with Crippen molar-refractivity contribution in [3.63, 3.8) is 0 Å². The highest BCUT2D eigenvalue weighted by atomic mass is 16.5. The lowest BCUT2D eigenvalue weighted by atomic mass is 9.81. The minimum absolute atomic E-state index is 0.0476. The van der Waals surface area contributed by atoms with Gasteiger partial charge >= 0.3 is 18.0 Å². The topological polar surface area (TPSA) is 114 Å². The Balaban J connectivity index is 1.86. The van der Waals surface area contributed by atoms with Gasteiger partial charge in [0.05, 0.1) is 38.0 Å². The number of rotatable bonds is 5. The number of carboxylic acid groups (broad SMARTS) is 1. The predicted molar refractivity (Wildman–Crippen MR) is 98.9 cm³/mol. The summed E-state index contributed by atoms with van der Waals surface area (Å²) in [7, 11) is 4.10. The molecule has 0 unspecified atom stereocenters. The van der Waals surface area contributed by atoms with Gasteiger partial charge in [0.2, 0.25) is 0 Å². The summed E-state index contributed by atoms with van der Waals surface area (Å²) < 4.78 is 15.3. The summed E-state index contributed by atoms with van der Waals surface area (Å²) in [6, 6.07) is 2.45. The van der Waals surface area contributed by atoms with Crippen LogP contribution in [-0.2, 0) is 9.53 Å². The van der Waals surface area contributed by atoms with Gasteiger partial charge in [-0.25, -0.2) is 9.59 Å². The molecule has 2 N–H and O–H groups in total. The van der Waals surface area contributed by atoms with Crippen molar-refractivity contribution in [2.45, 2.75) is 19.3 Å². The van der Waals surface area contributed by atoms with E-state index in [2.05, 4.69) is 5.32 Å². The number of likely N-dealkylation sites (tertiary alicyclic amines) is 1. The van der Waals surface area contributed by atoms with Gasteiger partial charge in [-0.05, 0) is 30.9 Å². The fraction of sp³-hybridized carbons (Fsp3) is 0.526. The second-order valence-corrected chi connectivity index (χ2v) is 7.11. The Morgan fingerprint density at radius 3 is 2.54 bits per heavy atom. The van der Waals surface area contributed by atoms with Gasteiger partial charge in [0.25, 0.3) is 0 Å². The average Bonchev–Trinajstić information content (AvgIpc) is 3.25. The summed E-state index contributed by atoms with van der Waals surface area (Å²) >= 11 is 0. The third kappa shape index (κ3) is 3.21. The molecule has 2 aliphatic rings. The van der Waals surface area contributed by atoms with Crippen LogP contribution in [0, 0.1) is 11.3 Å². The van der Waals surface area contributed by atoms with Gasteiger partial charge in [-0.1, -0.05) is 6.42 Å². The molecule has 0 spiro atoms. The molecule has 0 radical (unpaired) electrons. The number of carboxylic acids is 1. The van der Waals surface area contributed by atoms with Crippen LogP contribution in [0.1, 0.15) is 29.6 Å². The number of nitrogens with zero attached hydrogens (tertiary/aromatic N) is 1. The van der Waals surface area contributed by atoms with E-state index in [1.54, 1.807) is 0 Å². The number of carbonyl (C=O) groups excluding carboxylic acids is 2. The van der Waals surface area contributed by atoms with Crippen molar-refractivity contribution in [2.24, 2.45) is 11.3 Å². The van der Waals surface area contributed by atoms with Crippen LogP contribution in [0.25, 0.3) is 0 Å². The van der Waals surface area contributed by atoms with Gasteiger partial charge in [-0.3, -0.25) is 4.79 Å². The number of carbonyl (C=O) groups is 3. The van der Waals surface area contributed by atoms with Crippen LogP contribution in [0.15, 0.2) is 12.1 Å². The molecule has 9 heteroatoms. The summed E-state index contributed by atoms with van der Waals surface area (Å²) in [5.74, 6) is -0.959. The first kappa shape index (κ1) is 19.8. The lowest BCUT2D eigenvalue weighted by Gasteiger charge is -2.24. The van der Waals surface area contributed by atoms with E-state index in [4.69, 9.17) is 14.2 Å². The monoisotopic (exact) mass is 392 g/mol. The number of hydrogen-bond acceptors (Lipinski definition) is 6. The maximum Gasteiger partial charge on any atom is 0.338 e. The quantitative estimate of drug-likeness (QED) is 0.738. The lowest BCUT2D eigenvalue weighted by Crippen LogP contribution is -2.38. The number of fused-ring (bicyclic) bond motifs is 1. The fourth-order valence-electron chi connectivity index (χ4n) is 4.28. The van der Waals surface area contributed by atoms with E-state index in [0.29, 0.717) is 13.0 Å². The zero-order chi connectivity index (χ0) is 20.5. The molecular weight excluding hydrogens is 368 g/mol. The van der Waals surface area contributed by atoms with E-state index >= 15 is 0 Å². The molecule has 1 aliphatic carbocycles. The van der Waals surface area contributed by atoms with Crippen LogP contribution in [0.3, 0.4) is 0 Å². The molecule has 0 aromatic heterocycles. The molecule has 1 saturated heterocycles. The highest BCUT2D eigenvalue weighted by Crippen LogP contribution is 2.49. The van der Waals surface area contributed by atoms with E-state index in [-0.39, 0.29) is 35.2 Å². The number of ether oxygens (including phenoxy) is 3. The lowest BCUT2D eigenvalue weighted by molar-refractivity contribution is -0.149. The Labute approximate surface area is 162 Å². The van der Waals surface area contributed by atoms with Crippen molar-refractivity contribution in [3.05, 3.63) is 17.7 Å². The Bertz CT molecular complexity index is 810. The molecule has 1 aromatic rings. The second kappa shape index (κ2) is 7.57. The number of esters is 1. The molecule has 3 rings (SSSR count). The summed E-state index contributed by atoms with van der Waals surface area (Å²) in [5.41, 5.74) is -0.433. The second-order valence-electron chi connectivity index (χ2n) is 7.11. The van der Waals surface area contributed by atoms with E-state index in [0.717, 1.165) is 12.8 Å². The predicted octanol–water partition coefficient (Wildman–Crippen LogP) is 2.21. The smallest absolute Gasteiger partial charge is 0.338 e. The number of hydrogen-bond donors (Lipinski definition) is 2. The number of benzene rings is 1. The highest BCUT2D eigenvalue weighted by Gasteiger charge is 2.55. The minimum Gasteiger partial charge on any atom is -0.493 e. The zero-order valence-corrected chi connectivity index (χ0v) is 16.1. The third-order valence-electron chi connectivity index (χ3n) is 5.73. The first-order valence-electron chi connectivity index (χ1n) is 9.00.